The Bertz CT molecular complexity index is 357. The predicted octanol–water partition coefficient (Wildman–Crippen LogP) is 2.90. The van der Waals surface area contributed by atoms with E-state index in [1.807, 2.05) is 24.3 Å². The summed E-state index contributed by atoms with van der Waals surface area (Å²) in [5, 5.41) is 12.0. The Morgan fingerprint density at radius 1 is 1.11 bits per heavy atom. The Morgan fingerprint density at radius 3 is 2.26 bits per heavy atom. The second-order valence-electron chi connectivity index (χ2n) is 4.88. The fraction of sp³-hybridized carbons (Fsp3) is 0.438. The van der Waals surface area contributed by atoms with Gasteiger partial charge in [0.1, 0.15) is 0 Å². The summed E-state index contributed by atoms with van der Waals surface area (Å²) in [4.78, 5) is 11.3. The van der Waals surface area contributed by atoms with Crippen LogP contribution < -0.4 is 5.32 Å². The van der Waals surface area contributed by atoms with E-state index in [0.29, 0.717) is 0 Å². The highest BCUT2D eigenvalue weighted by atomic mass is 16.3. The summed E-state index contributed by atoms with van der Waals surface area (Å²) in [6.07, 6.45) is 17.0. The van der Waals surface area contributed by atoms with Crippen molar-refractivity contribution in [2.75, 3.05) is 6.54 Å². The summed E-state index contributed by atoms with van der Waals surface area (Å²) in [5.41, 5.74) is -0.882. The van der Waals surface area contributed by atoms with Crippen molar-refractivity contribution >= 4 is 5.91 Å². The van der Waals surface area contributed by atoms with Gasteiger partial charge in [0.05, 0.1) is 5.60 Å². The SMILES string of the molecule is CCC/C=C/C=C/C=C/C=C/C(=O)NCC(C)(C)O. The molecule has 0 radical (unpaired) electrons. The van der Waals surface area contributed by atoms with Gasteiger partial charge in [-0.25, -0.2) is 0 Å². The van der Waals surface area contributed by atoms with Gasteiger partial charge in [0, 0.05) is 12.6 Å². The fourth-order valence-corrected chi connectivity index (χ4v) is 1.10. The van der Waals surface area contributed by atoms with Crippen molar-refractivity contribution in [2.45, 2.75) is 39.2 Å². The third-order valence-electron chi connectivity index (χ3n) is 2.09. The highest BCUT2D eigenvalue weighted by Crippen LogP contribution is 1.96. The molecule has 0 rings (SSSR count). The Morgan fingerprint density at radius 2 is 1.68 bits per heavy atom. The average molecular weight is 263 g/mol. The molecule has 0 bridgehead atoms. The van der Waals surface area contributed by atoms with Crippen molar-refractivity contribution < 1.29 is 9.90 Å². The standard InChI is InChI=1S/C16H25NO2/c1-4-5-6-7-8-9-10-11-12-13-15(18)17-14-16(2,3)19/h6-13,19H,4-5,14H2,1-3H3,(H,17,18)/b7-6+,9-8+,11-10+,13-12+. The first-order valence-electron chi connectivity index (χ1n) is 6.62. The van der Waals surface area contributed by atoms with Crippen LogP contribution in [0.25, 0.3) is 0 Å². The van der Waals surface area contributed by atoms with Crippen LogP contribution in [-0.2, 0) is 4.79 Å². The van der Waals surface area contributed by atoms with E-state index in [0.717, 1.165) is 12.8 Å². The Hall–Kier alpha value is -1.61. The lowest BCUT2D eigenvalue weighted by molar-refractivity contribution is -0.117. The summed E-state index contributed by atoms with van der Waals surface area (Å²) in [6, 6.07) is 0. The highest BCUT2D eigenvalue weighted by molar-refractivity contribution is 5.87. The summed E-state index contributed by atoms with van der Waals surface area (Å²) < 4.78 is 0. The number of amides is 1. The number of nitrogens with one attached hydrogen (secondary N) is 1. The molecule has 3 heteroatoms. The van der Waals surface area contributed by atoms with Crippen LogP contribution in [-0.4, -0.2) is 23.2 Å². The third-order valence-corrected chi connectivity index (χ3v) is 2.09. The maximum atomic E-state index is 11.3. The summed E-state index contributed by atoms with van der Waals surface area (Å²) in [6.45, 7) is 5.67. The van der Waals surface area contributed by atoms with Gasteiger partial charge in [-0.2, -0.15) is 0 Å². The quantitative estimate of drug-likeness (QED) is 0.522. The molecule has 0 aromatic heterocycles. The lowest BCUT2D eigenvalue weighted by Gasteiger charge is -2.16. The van der Waals surface area contributed by atoms with Gasteiger partial charge in [-0.15, -0.1) is 0 Å². The number of aliphatic hydroxyl groups is 1. The second kappa shape index (κ2) is 10.3. The van der Waals surface area contributed by atoms with Crippen molar-refractivity contribution in [2.24, 2.45) is 0 Å². The first-order valence-corrected chi connectivity index (χ1v) is 6.62. The number of carbonyl (C=O) groups excluding carboxylic acids is 1. The van der Waals surface area contributed by atoms with Crippen molar-refractivity contribution in [1.82, 2.24) is 5.32 Å². The largest absolute Gasteiger partial charge is 0.389 e. The average Bonchev–Trinajstić information content (AvgIpc) is 2.33. The lowest BCUT2D eigenvalue weighted by Crippen LogP contribution is -2.37. The van der Waals surface area contributed by atoms with Crippen molar-refractivity contribution in [3.05, 3.63) is 48.6 Å². The molecule has 0 fully saturated rings. The molecular formula is C16H25NO2. The molecule has 0 atom stereocenters. The zero-order valence-electron chi connectivity index (χ0n) is 12.1. The zero-order valence-corrected chi connectivity index (χ0v) is 12.1. The van der Waals surface area contributed by atoms with Gasteiger partial charge in [0.15, 0.2) is 0 Å². The molecule has 0 saturated carbocycles. The van der Waals surface area contributed by atoms with Gasteiger partial charge in [-0.1, -0.05) is 55.9 Å². The van der Waals surface area contributed by atoms with Crippen LogP contribution in [0, 0.1) is 0 Å². The molecule has 0 saturated heterocycles. The first-order chi connectivity index (χ1) is 8.95. The van der Waals surface area contributed by atoms with Gasteiger partial charge in [0.25, 0.3) is 0 Å². The molecule has 2 N–H and O–H groups in total. The number of carbonyl (C=O) groups is 1. The van der Waals surface area contributed by atoms with Crippen LogP contribution in [0.3, 0.4) is 0 Å². The molecule has 0 unspecified atom stereocenters. The van der Waals surface area contributed by atoms with E-state index in [4.69, 9.17) is 0 Å². The van der Waals surface area contributed by atoms with Crippen molar-refractivity contribution in [3.8, 4) is 0 Å². The van der Waals surface area contributed by atoms with Crippen LogP contribution >= 0.6 is 0 Å². The summed E-state index contributed by atoms with van der Waals surface area (Å²) in [5.74, 6) is -0.210. The van der Waals surface area contributed by atoms with E-state index >= 15 is 0 Å². The molecule has 0 spiro atoms. The smallest absolute Gasteiger partial charge is 0.244 e. The molecule has 0 aromatic rings. The maximum absolute atomic E-state index is 11.3. The maximum Gasteiger partial charge on any atom is 0.244 e. The van der Waals surface area contributed by atoms with E-state index in [-0.39, 0.29) is 12.5 Å². The normalized spacial score (nSPS) is 13.3. The van der Waals surface area contributed by atoms with E-state index < -0.39 is 5.60 Å². The summed E-state index contributed by atoms with van der Waals surface area (Å²) in [7, 11) is 0. The minimum absolute atomic E-state index is 0.210. The molecule has 19 heavy (non-hydrogen) atoms. The first kappa shape index (κ1) is 17.4. The Balaban J connectivity index is 3.86. The number of rotatable bonds is 8. The van der Waals surface area contributed by atoms with E-state index in [2.05, 4.69) is 18.3 Å². The van der Waals surface area contributed by atoms with E-state index in [1.165, 1.54) is 6.08 Å². The van der Waals surface area contributed by atoms with Gasteiger partial charge >= 0.3 is 0 Å². The molecule has 0 aliphatic heterocycles. The van der Waals surface area contributed by atoms with Crippen LogP contribution in [0.5, 0.6) is 0 Å². The zero-order chi connectivity index (χ0) is 14.6. The molecular weight excluding hydrogens is 238 g/mol. The Labute approximate surface area is 116 Å². The van der Waals surface area contributed by atoms with Crippen LogP contribution in [0.1, 0.15) is 33.6 Å². The highest BCUT2D eigenvalue weighted by Gasteiger charge is 2.12. The number of hydrogen-bond donors (Lipinski definition) is 2. The van der Waals surface area contributed by atoms with Crippen molar-refractivity contribution in [1.29, 1.82) is 0 Å². The van der Waals surface area contributed by atoms with Gasteiger partial charge < -0.3 is 10.4 Å². The van der Waals surface area contributed by atoms with Crippen molar-refractivity contribution in [3.63, 3.8) is 0 Å². The summed E-state index contributed by atoms with van der Waals surface area (Å²) >= 11 is 0. The van der Waals surface area contributed by atoms with Crippen LogP contribution in [0.4, 0.5) is 0 Å². The predicted molar refractivity (Wildman–Crippen MR) is 80.8 cm³/mol. The van der Waals surface area contributed by atoms with Crippen LogP contribution in [0.2, 0.25) is 0 Å². The minimum Gasteiger partial charge on any atom is -0.389 e. The fourth-order valence-electron chi connectivity index (χ4n) is 1.10. The Kier molecular flexibility index (Phi) is 9.45. The number of hydrogen-bond acceptors (Lipinski definition) is 2. The topological polar surface area (TPSA) is 49.3 Å². The monoisotopic (exact) mass is 263 g/mol. The second-order valence-corrected chi connectivity index (χ2v) is 4.88. The molecule has 3 nitrogen and oxygen atoms in total. The molecule has 0 aliphatic rings. The number of unbranched alkanes of at least 4 members (excludes halogenated alkanes) is 1. The molecule has 0 aliphatic carbocycles. The van der Waals surface area contributed by atoms with E-state index in [9.17, 15) is 9.90 Å². The van der Waals surface area contributed by atoms with E-state index in [1.54, 1.807) is 26.0 Å². The van der Waals surface area contributed by atoms with Gasteiger partial charge in [-0.05, 0) is 20.3 Å². The molecule has 106 valence electrons. The minimum atomic E-state index is -0.882. The molecule has 1 amide bonds. The molecule has 0 heterocycles. The van der Waals surface area contributed by atoms with Gasteiger partial charge in [0.2, 0.25) is 5.91 Å². The lowest BCUT2D eigenvalue weighted by atomic mass is 10.1. The van der Waals surface area contributed by atoms with Crippen LogP contribution in [0.15, 0.2) is 48.6 Å². The number of allylic oxidation sites excluding steroid dienone is 7. The third kappa shape index (κ3) is 14.3. The molecule has 0 aromatic carbocycles. The van der Waals surface area contributed by atoms with Gasteiger partial charge in [-0.3, -0.25) is 4.79 Å².